The molecule has 1 aromatic heterocycles. The number of hydrogen-bond acceptors (Lipinski definition) is 6. The van der Waals surface area contributed by atoms with Gasteiger partial charge in [0.1, 0.15) is 11.5 Å². The van der Waals surface area contributed by atoms with Crippen molar-refractivity contribution in [3.63, 3.8) is 0 Å². The van der Waals surface area contributed by atoms with Crippen molar-refractivity contribution in [2.45, 2.75) is 6.42 Å². The number of carboxylic acids is 2. The van der Waals surface area contributed by atoms with Crippen LogP contribution in [-0.2, 0) is 6.42 Å². The van der Waals surface area contributed by atoms with E-state index in [1.165, 1.54) is 25.6 Å². The molecule has 0 fully saturated rings. The zero-order chi connectivity index (χ0) is 25.7. The van der Waals surface area contributed by atoms with E-state index in [-0.39, 0.29) is 11.1 Å². The van der Waals surface area contributed by atoms with E-state index in [1.807, 2.05) is 36.4 Å². The van der Waals surface area contributed by atoms with E-state index in [2.05, 4.69) is 10.3 Å². The normalized spacial score (nSPS) is 10.5. The van der Waals surface area contributed by atoms with Gasteiger partial charge in [-0.1, -0.05) is 36.4 Å². The molecule has 0 aliphatic heterocycles. The molecule has 0 saturated heterocycles. The highest BCUT2D eigenvalue weighted by molar-refractivity contribution is 5.95. The Morgan fingerprint density at radius 2 is 1.44 bits per heavy atom. The number of pyridine rings is 1. The first-order valence-electron chi connectivity index (χ1n) is 11.0. The number of nitrogens with zero attached hydrogens (tertiary/aromatic N) is 1. The Balaban J connectivity index is 1.64. The van der Waals surface area contributed by atoms with Gasteiger partial charge in [-0.15, -0.1) is 0 Å². The van der Waals surface area contributed by atoms with Crippen LogP contribution < -0.4 is 14.8 Å². The van der Waals surface area contributed by atoms with Crippen LogP contribution in [0.1, 0.15) is 31.8 Å². The van der Waals surface area contributed by atoms with Gasteiger partial charge >= 0.3 is 11.9 Å². The molecule has 0 spiro atoms. The Bertz CT molecular complexity index is 1320. The van der Waals surface area contributed by atoms with Crippen molar-refractivity contribution in [1.82, 2.24) is 4.98 Å². The molecule has 182 valence electrons. The summed E-state index contributed by atoms with van der Waals surface area (Å²) in [5.41, 5.74) is 4.59. The van der Waals surface area contributed by atoms with Gasteiger partial charge in [-0.3, -0.25) is 4.98 Å². The average Bonchev–Trinajstić information content (AvgIpc) is 2.89. The molecular formula is C28H24N2O6. The molecule has 0 bridgehead atoms. The first-order chi connectivity index (χ1) is 17.4. The zero-order valence-electron chi connectivity index (χ0n) is 19.7. The number of anilines is 2. The van der Waals surface area contributed by atoms with E-state index in [1.54, 1.807) is 31.4 Å². The number of hydrogen-bond donors (Lipinski definition) is 3. The lowest BCUT2D eigenvalue weighted by Gasteiger charge is -2.15. The second-order valence-electron chi connectivity index (χ2n) is 7.93. The van der Waals surface area contributed by atoms with E-state index in [0.29, 0.717) is 34.9 Å². The number of carboxylic acid groups (broad SMARTS) is 2. The van der Waals surface area contributed by atoms with Gasteiger partial charge in [-0.25, -0.2) is 9.59 Å². The third-order valence-corrected chi connectivity index (χ3v) is 5.77. The Labute approximate surface area is 207 Å². The summed E-state index contributed by atoms with van der Waals surface area (Å²) in [5, 5.41) is 22.0. The van der Waals surface area contributed by atoms with Crippen molar-refractivity contribution in [3.8, 4) is 22.6 Å². The lowest BCUT2D eigenvalue weighted by atomic mass is 9.96. The largest absolute Gasteiger partial charge is 0.496 e. The number of nitrogens with one attached hydrogen (secondary N) is 1. The number of benzene rings is 3. The lowest BCUT2D eigenvalue weighted by Crippen LogP contribution is -2.04. The van der Waals surface area contributed by atoms with E-state index in [4.69, 9.17) is 9.47 Å². The summed E-state index contributed by atoms with van der Waals surface area (Å²) in [6.45, 7) is 0. The summed E-state index contributed by atoms with van der Waals surface area (Å²) in [7, 11) is 3.11. The molecule has 4 rings (SSSR count). The third-order valence-electron chi connectivity index (χ3n) is 5.77. The maximum atomic E-state index is 11.6. The Hall–Kier alpha value is -4.85. The third kappa shape index (κ3) is 5.12. The van der Waals surface area contributed by atoms with Gasteiger partial charge in [-0.05, 0) is 52.6 Å². The Morgan fingerprint density at radius 3 is 2.14 bits per heavy atom. The Morgan fingerprint density at radius 1 is 0.778 bits per heavy atom. The van der Waals surface area contributed by atoms with Crippen LogP contribution in [0.3, 0.4) is 0 Å². The smallest absolute Gasteiger partial charge is 0.337 e. The number of aromatic carboxylic acids is 2. The highest BCUT2D eigenvalue weighted by atomic mass is 16.5. The van der Waals surface area contributed by atoms with E-state index in [9.17, 15) is 19.8 Å². The summed E-state index contributed by atoms with van der Waals surface area (Å²) in [4.78, 5) is 27.1. The number of methoxy groups -OCH3 is 2. The second-order valence-corrected chi connectivity index (χ2v) is 7.93. The molecule has 0 unspecified atom stereocenters. The number of carbonyl (C=O) groups is 2. The van der Waals surface area contributed by atoms with Crippen LogP contribution in [0.4, 0.5) is 11.4 Å². The van der Waals surface area contributed by atoms with Crippen molar-refractivity contribution in [2.75, 3.05) is 19.5 Å². The molecule has 36 heavy (non-hydrogen) atoms. The van der Waals surface area contributed by atoms with Gasteiger partial charge < -0.3 is 25.0 Å². The SMILES string of the molecule is COc1cc(-c2ccc(Nc3cnccc3C(=O)O)c(OC)c2)ccc1Cc1ccccc1C(=O)O. The maximum Gasteiger partial charge on any atom is 0.337 e. The predicted molar refractivity (Wildman–Crippen MR) is 136 cm³/mol. The van der Waals surface area contributed by atoms with Gasteiger partial charge in [0, 0.05) is 12.6 Å². The van der Waals surface area contributed by atoms with Crippen molar-refractivity contribution < 1.29 is 29.3 Å². The topological polar surface area (TPSA) is 118 Å². The fraction of sp³-hybridized carbons (Fsp3) is 0.107. The second kappa shape index (κ2) is 10.6. The molecule has 0 aliphatic rings. The van der Waals surface area contributed by atoms with Crippen molar-refractivity contribution in [1.29, 1.82) is 0 Å². The Kier molecular flexibility index (Phi) is 7.15. The molecular weight excluding hydrogens is 460 g/mol. The van der Waals surface area contributed by atoms with Crippen LogP contribution >= 0.6 is 0 Å². The minimum absolute atomic E-state index is 0.0981. The van der Waals surface area contributed by atoms with E-state index in [0.717, 1.165) is 16.7 Å². The van der Waals surface area contributed by atoms with Gasteiger partial charge in [0.15, 0.2) is 0 Å². The predicted octanol–water partition coefficient (Wildman–Crippen LogP) is 5.50. The minimum Gasteiger partial charge on any atom is -0.496 e. The van der Waals surface area contributed by atoms with Crippen LogP contribution in [0.5, 0.6) is 11.5 Å². The van der Waals surface area contributed by atoms with Crippen molar-refractivity contribution >= 4 is 23.3 Å². The molecule has 8 heteroatoms. The number of aromatic nitrogens is 1. The van der Waals surface area contributed by atoms with Gasteiger partial charge in [0.05, 0.1) is 42.9 Å². The molecule has 0 saturated carbocycles. The molecule has 3 aromatic carbocycles. The highest BCUT2D eigenvalue weighted by Gasteiger charge is 2.15. The first kappa shape index (κ1) is 24.3. The van der Waals surface area contributed by atoms with Crippen LogP contribution in [-0.4, -0.2) is 41.4 Å². The standard InChI is InChI=1S/C28H24N2O6/c1-35-25-14-17(7-8-20(25)13-19-5-3-4-6-21(19)27(31)32)18-9-10-23(26(15-18)36-2)30-24-16-29-12-11-22(24)28(33)34/h3-12,14-16,30H,13H2,1-2H3,(H,31,32)(H,33,34). The molecule has 4 aromatic rings. The van der Waals surface area contributed by atoms with Crippen LogP contribution in [0.15, 0.2) is 79.1 Å². The van der Waals surface area contributed by atoms with E-state index < -0.39 is 11.9 Å². The first-order valence-corrected chi connectivity index (χ1v) is 11.0. The molecule has 0 radical (unpaired) electrons. The molecule has 1 heterocycles. The van der Waals surface area contributed by atoms with Crippen LogP contribution in [0.2, 0.25) is 0 Å². The summed E-state index contributed by atoms with van der Waals surface area (Å²) >= 11 is 0. The van der Waals surface area contributed by atoms with Gasteiger partial charge in [-0.2, -0.15) is 0 Å². The van der Waals surface area contributed by atoms with Gasteiger partial charge in [0.2, 0.25) is 0 Å². The van der Waals surface area contributed by atoms with Crippen molar-refractivity contribution in [2.24, 2.45) is 0 Å². The lowest BCUT2D eigenvalue weighted by molar-refractivity contribution is 0.0686. The number of rotatable bonds is 9. The fourth-order valence-electron chi connectivity index (χ4n) is 3.96. The minimum atomic E-state index is -1.06. The summed E-state index contributed by atoms with van der Waals surface area (Å²) < 4.78 is 11.2. The number of ether oxygens (including phenoxy) is 2. The quantitative estimate of drug-likeness (QED) is 0.285. The monoisotopic (exact) mass is 484 g/mol. The zero-order valence-corrected chi connectivity index (χ0v) is 19.7. The molecule has 0 amide bonds. The molecule has 3 N–H and O–H groups in total. The van der Waals surface area contributed by atoms with Crippen LogP contribution in [0.25, 0.3) is 11.1 Å². The van der Waals surface area contributed by atoms with E-state index >= 15 is 0 Å². The van der Waals surface area contributed by atoms with Gasteiger partial charge in [0.25, 0.3) is 0 Å². The summed E-state index contributed by atoms with van der Waals surface area (Å²) in [6, 6.07) is 19.6. The maximum absolute atomic E-state index is 11.6. The van der Waals surface area contributed by atoms with Crippen molar-refractivity contribution in [3.05, 3.63) is 101 Å². The highest BCUT2D eigenvalue weighted by Crippen LogP contribution is 2.35. The fourth-order valence-corrected chi connectivity index (χ4v) is 3.96. The average molecular weight is 485 g/mol. The molecule has 8 nitrogen and oxygen atoms in total. The summed E-state index contributed by atoms with van der Waals surface area (Å²) in [6.07, 6.45) is 3.28. The van der Waals surface area contributed by atoms with Crippen LogP contribution in [0, 0.1) is 0 Å². The molecule has 0 atom stereocenters. The summed E-state index contributed by atoms with van der Waals surface area (Å²) in [5.74, 6) is -0.876. The molecule has 0 aliphatic carbocycles.